The van der Waals surface area contributed by atoms with Crippen LogP contribution in [0.4, 0.5) is 0 Å². The van der Waals surface area contributed by atoms with Crippen LogP contribution in [0, 0.1) is 105 Å². The molecular formula is C71H148. The number of hydrogen-bond acceptors (Lipinski definition) is 0. The summed E-state index contributed by atoms with van der Waals surface area (Å²) in [6.07, 6.45) is 37.4. The van der Waals surface area contributed by atoms with Crippen molar-refractivity contribution in [2.75, 3.05) is 0 Å². The summed E-state index contributed by atoms with van der Waals surface area (Å²) < 4.78 is 0. The van der Waals surface area contributed by atoms with E-state index in [4.69, 9.17) is 0 Å². The maximum atomic E-state index is 2.40. The van der Waals surface area contributed by atoms with Crippen LogP contribution in [0.1, 0.15) is 354 Å². The molecule has 0 bridgehead atoms. The van der Waals surface area contributed by atoms with Gasteiger partial charge >= 0.3 is 0 Å². The van der Waals surface area contributed by atoms with Crippen LogP contribution in [0.25, 0.3) is 0 Å². The summed E-state index contributed by atoms with van der Waals surface area (Å²) in [5.41, 5.74) is 1.83. The van der Waals surface area contributed by atoms with Crippen LogP contribution >= 0.6 is 0 Å². The van der Waals surface area contributed by atoms with Gasteiger partial charge in [-0.05, 0) is 137 Å². The summed E-state index contributed by atoms with van der Waals surface area (Å²) in [6.45, 7) is 62.9. The van der Waals surface area contributed by atoms with Gasteiger partial charge < -0.3 is 0 Å². The summed E-state index contributed by atoms with van der Waals surface area (Å²) in [4.78, 5) is 0. The van der Waals surface area contributed by atoms with Gasteiger partial charge in [0, 0.05) is 0 Å². The monoisotopic (exact) mass is 1000 g/mol. The Labute approximate surface area is 456 Å². The highest BCUT2D eigenvalue weighted by Gasteiger charge is 2.43. The summed E-state index contributed by atoms with van der Waals surface area (Å²) in [7, 11) is 0. The summed E-state index contributed by atoms with van der Waals surface area (Å²) in [6, 6.07) is 0. The highest BCUT2D eigenvalue weighted by molar-refractivity contribution is 4.93. The molecule has 7 fully saturated rings. The first-order valence-corrected chi connectivity index (χ1v) is 32.9. The van der Waals surface area contributed by atoms with E-state index in [2.05, 4.69) is 187 Å². The van der Waals surface area contributed by atoms with E-state index in [-0.39, 0.29) is 0 Å². The zero-order valence-electron chi connectivity index (χ0n) is 55.5. The van der Waals surface area contributed by atoms with Crippen LogP contribution in [0.5, 0.6) is 0 Å². The van der Waals surface area contributed by atoms with Crippen molar-refractivity contribution in [2.24, 2.45) is 105 Å². The zero-order valence-corrected chi connectivity index (χ0v) is 55.5. The highest BCUT2D eigenvalue weighted by atomic mass is 14.5. The molecule has 0 aromatic heterocycles. The van der Waals surface area contributed by atoms with Crippen LogP contribution in [0.2, 0.25) is 0 Å². The van der Waals surface area contributed by atoms with Gasteiger partial charge in [0.1, 0.15) is 0 Å². The lowest BCUT2D eigenvalue weighted by molar-refractivity contribution is 0.179. The van der Waals surface area contributed by atoms with Gasteiger partial charge in [-0.3, -0.25) is 0 Å². The second kappa shape index (κ2) is 42.1. The molecule has 0 aromatic carbocycles. The summed E-state index contributed by atoms with van der Waals surface area (Å²) >= 11 is 0. The average molecular weight is 1000 g/mol. The molecule has 0 aromatic rings. The van der Waals surface area contributed by atoms with Crippen molar-refractivity contribution in [1.29, 1.82) is 0 Å². The molecule has 0 aliphatic heterocycles. The molecule has 7 rings (SSSR count). The molecule has 7 saturated carbocycles. The Kier molecular flexibility index (Phi) is 44.6. The predicted molar refractivity (Wildman–Crippen MR) is 333 cm³/mol. The summed E-state index contributed by atoms with van der Waals surface area (Å²) in [5, 5.41) is 0. The smallest absolute Gasteiger partial charge is 0.0323 e. The minimum atomic E-state index is 0.587. The first kappa shape index (κ1) is 75.2. The third kappa shape index (κ3) is 38.2. The third-order valence-electron chi connectivity index (χ3n) is 20.8. The Morgan fingerprint density at radius 3 is 0.859 bits per heavy atom. The van der Waals surface area contributed by atoms with E-state index in [0.717, 1.165) is 88.8 Å². The van der Waals surface area contributed by atoms with Gasteiger partial charge in [-0.15, -0.1) is 0 Å². The standard InChI is InChI=1S/C10H20.3C8H16.C7H14.2C6H12.3C6H14/c1-8-9(2,3)6-7-10(8,4)5;1-6-4-7(2)8(3)5-6;1-7-5-4-6-8(7,2)3;1-6-4-5-7(2)8(6)3;1-6-4-3-5-7(6)2;1-6-4-2-3-5-6;1-2-6-4-3-5-6;2*1-4-5-6(2)3;1-4-6(3)5-2/h8H,6-7H2,1-5H3;6-8H,4-5H2,1-3H3;7H,4-6H2,1-3H3;6-8H,4-5H2,1-3H3;6-7H,3-5H2,1-2H3;2*6H,2-5H2,1H3;3*6H,4-5H2,1-3H3/t;;7-;;6-,7?;;;;;/m..1.1...../s1. The van der Waals surface area contributed by atoms with Crippen LogP contribution in [-0.2, 0) is 0 Å². The van der Waals surface area contributed by atoms with Gasteiger partial charge in [-0.25, -0.2) is 0 Å². The molecular weight excluding hydrogens is 853 g/mol. The Morgan fingerprint density at radius 2 is 0.775 bits per heavy atom. The van der Waals surface area contributed by atoms with Crippen molar-refractivity contribution in [3.63, 3.8) is 0 Å². The third-order valence-corrected chi connectivity index (χ3v) is 20.8. The van der Waals surface area contributed by atoms with E-state index < -0.39 is 0 Å². The van der Waals surface area contributed by atoms with Gasteiger partial charge in [0.05, 0.1) is 0 Å². The molecule has 7 aliphatic rings. The van der Waals surface area contributed by atoms with E-state index in [1.54, 1.807) is 0 Å². The first-order chi connectivity index (χ1) is 32.9. The fraction of sp³-hybridized carbons (Fsp3) is 1.00. The summed E-state index contributed by atoms with van der Waals surface area (Å²) in [5.74, 6) is 14.7. The molecule has 0 nitrogen and oxygen atoms in total. The Balaban J connectivity index is -0.000000727. The lowest BCUT2D eigenvalue weighted by Crippen LogP contribution is -2.24. The largest absolute Gasteiger partial charge is 0.0654 e. The molecule has 0 radical (unpaired) electrons. The Bertz CT molecular complexity index is 1060. The quantitative estimate of drug-likeness (QED) is 0.238. The molecule has 7 atom stereocenters. The van der Waals surface area contributed by atoms with E-state index >= 15 is 0 Å². The molecule has 0 amide bonds. The van der Waals surface area contributed by atoms with Crippen molar-refractivity contribution in [3.05, 3.63) is 0 Å². The van der Waals surface area contributed by atoms with E-state index in [1.165, 1.54) is 167 Å². The fourth-order valence-electron chi connectivity index (χ4n) is 11.9. The molecule has 0 spiro atoms. The Hall–Kier alpha value is 0. The molecule has 7 aliphatic carbocycles. The fourth-order valence-corrected chi connectivity index (χ4v) is 11.9. The maximum Gasteiger partial charge on any atom is -0.0323 e. The van der Waals surface area contributed by atoms with Crippen molar-refractivity contribution >= 4 is 0 Å². The van der Waals surface area contributed by atoms with Gasteiger partial charge in [0.25, 0.3) is 0 Å². The van der Waals surface area contributed by atoms with Crippen LogP contribution in [0.3, 0.4) is 0 Å². The van der Waals surface area contributed by atoms with E-state index in [0.29, 0.717) is 16.2 Å². The van der Waals surface area contributed by atoms with Crippen molar-refractivity contribution < 1.29 is 0 Å². The molecule has 71 heavy (non-hydrogen) atoms. The van der Waals surface area contributed by atoms with Crippen LogP contribution < -0.4 is 0 Å². The lowest BCUT2D eigenvalue weighted by Gasteiger charge is -2.31. The average Bonchev–Trinajstić information content (AvgIpc) is 4.13. The molecule has 0 heterocycles. The van der Waals surface area contributed by atoms with Crippen molar-refractivity contribution in [1.82, 2.24) is 0 Å². The molecule has 432 valence electrons. The minimum absolute atomic E-state index is 0.587. The highest BCUT2D eigenvalue weighted by Crippen LogP contribution is 2.53. The van der Waals surface area contributed by atoms with Crippen LogP contribution in [-0.4, -0.2) is 0 Å². The molecule has 0 saturated heterocycles. The first-order valence-electron chi connectivity index (χ1n) is 32.9. The van der Waals surface area contributed by atoms with Gasteiger partial charge in [-0.2, -0.15) is 0 Å². The predicted octanol–water partition coefficient (Wildman–Crippen LogP) is 25.8. The SMILES string of the molecule is CC1C(C)(C)CCC1(C)C.CC1CC(C)C(C)C1.CC1CCC(C)C1C.CC1CCCC1.CC1CCC[C@H]1C.CCC(C)CC.CCC1CCC1.CCCC(C)C.CCCC(C)C.C[C@@H]1CCCC1(C)C. The van der Waals surface area contributed by atoms with Crippen molar-refractivity contribution in [2.45, 2.75) is 354 Å². The number of hydrogen-bond donors (Lipinski definition) is 0. The molecule has 5 unspecified atom stereocenters. The zero-order chi connectivity index (χ0) is 55.5. The maximum absolute atomic E-state index is 2.40. The van der Waals surface area contributed by atoms with Gasteiger partial charge in [-0.1, -0.05) is 322 Å². The lowest BCUT2D eigenvalue weighted by atomic mass is 9.74. The van der Waals surface area contributed by atoms with E-state index in [9.17, 15) is 0 Å². The van der Waals surface area contributed by atoms with Crippen molar-refractivity contribution in [3.8, 4) is 0 Å². The molecule has 0 N–H and O–H groups in total. The normalized spacial score (nSPS) is 29.9. The van der Waals surface area contributed by atoms with Gasteiger partial charge in [0.2, 0.25) is 0 Å². The van der Waals surface area contributed by atoms with Gasteiger partial charge in [0.15, 0.2) is 0 Å². The Morgan fingerprint density at radius 1 is 0.380 bits per heavy atom. The van der Waals surface area contributed by atoms with E-state index in [1.807, 2.05) is 0 Å². The van der Waals surface area contributed by atoms with Crippen LogP contribution in [0.15, 0.2) is 0 Å². The number of rotatable bonds is 7. The second-order valence-electron chi connectivity index (χ2n) is 29.7. The topological polar surface area (TPSA) is 0 Å². The molecule has 0 heteroatoms. The second-order valence-corrected chi connectivity index (χ2v) is 29.7. The minimum Gasteiger partial charge on any atom is -0.0654 e.